The van der Waals surface area contributed by atoms with Crippen molar-refractivity contribution in [2.75, 3.05) is 13.1 Å². The Labute approximate surface area is 171 Å². The van der Waals surface area contributed by atoms with Crippen LogP contribution in [0, 0.1) is 0 Å². The van der Waals surface area contributed by atoms with E-state index in [0.29, 0.717) is 24.0 Å². The second-order valence-corrected chi connectivity index (χ2v) is 7.02. The second-order valence-electron chi connectivity index (χ2n) is 7.02. The maximum Gasteiger partial charge on any atom is 0.261 e. The van der Waals surface area contributed by atoms with Crippen LogP contribution in [0.3, 0.4) is 0 Å². The monoisotopic (exact) mass is 392 g/mol. The van der Waals surface area contributed by atoms with Crippen LogP contribution in [-0.4, -0.2) is 33.4 Å². The minimum Gasteiger partial charge on any atom is -0.352 e. The van der Waals surface area contributed by atoms with Gasteiger partial charge < -0.3 is 5.32 Å². The maximum atomic E-state index is 12.5. The molecule has 0 bridgehead atoms. The van der Waals surface area contributed by atoms with Crippen molar-refractivity contribution in [2.45, 2.75) is 39.9 Å². The molecule has 3 rings (SSSR count). The average Bonchev–Trinajstić information content (AvgIpc) is 2.76. The topological polar surface area (TPSA) is 67.2 Å². The number of benzene rings is 2. The van der Waals surface area contributed by atoms with Crippen LogP contribution in [0.5, 0.6) is 0 Å². The van der Waals surface area contributed by atoms with Gasteiger partial charge in [-0.15, -0.1) is 0 Å². The Morgan fingerprint density at radius 2 is 1.72 bits per heavy atom. The van der Waals surface area contributed by atoms with Gasteiger partial charge in [-0.05, 0) is 36.3 Å². The van der Waals surface area contributed by atoms with Gasteiger partial charge in [-0.3, -0.25) is 19.1 Å². The largest absolute Gasteiger partial charge is 0.352 e. The lowest BCUT2D eigenvalue weighted by molar-refractivity contribution is -0.121. The second kappa shape index (κ2) is 9.98. The van der Waals surface area contributed by atoms with E-state index in [0.717, 1.165) is 25.2 Å². The van der Waals surface area contributed by atoms with Gasteiger partial charge in [0, 0.05) is 26.1 Å². The van der Waals surface area contributed by atoms with E-state index in [1.54, 1.807) is 6.07 Å². The number of fused-ring (bicyclic) bond motifs is 1. The Bertz CT molecular complexity index is 1020. The first-order valence-corrected chi connectivity index (χ1v) is 10.1. The number of rotatable bonds is 9. The van der Waals surface area contributed by atoms with Crippen molar-refractivity contribution in [1.29, 1.82) is 0 Å². The molecule has 1 N–H and O–H groups in total. The molecule has 0 aliphatic carbocycles. The van der Waals surface area contributed by atoms with E-state index in [2.05, 4.69) is 41.2 Å². The number of carbonyl (C=O) groups is 1. The van der Waals surface area contributed by atoms with Gasteiger partial charge in [0.15, 0.2) is 0 Å². The van der Waals surface area contributed by atoms with E-state index in [1.165, 1.54) is 16.5 Å². The number of aryl methyl sites for hydroxylation is 1. The fourth-order valence-corrected chi connectivity index (χ4v) is 3.34. The SMILES string of the molecule is CCN(CC)Cc1ccccc1CNC(=O)CCn1cnc2ccccc2c1=O. The van der Waals surface area contributed by atoms with Gasteiger partial charge in [0.05, 0.1) is 17.2 Å². The van der Waals surface area contributed by atoms with Crippen LogP contribution in [0.15, 0.2) is 59.7 Å². The summed E-state index contributed by atoms with van der Waals surface area (Å²) in [6, 6.07) is 15.4. The number of para-hydroxylation sites is 1. The number of carbonyl (C=O) groups excluding carboxylic acids is 1. The number of hydrogen-bond acceptors (Lipinski definition) is 4. The zero-order valence-electron chi connectivity index (χ0n) is 17.1. The minimum atomic E-state index is -0.118. The molecule has 0 aliphatic heterocycles. The Kier molecular flexibility index (Phi) is 7.14. The highest BCUT2D eigenvalue weighted by Gasteiger charge is 2.09. The third kappa shape index (κ3) is 5.29. The predicted molar refractivity (Wildman–Crippen MR) is 116 cm³/mol. The summed E-state index contributed by atoms with van der Waals surface area (Å²) in [6.07, 6.45) is 1.75. The van der Waals surface area contributed by atoms with E-state index in [1.807, 2.05) is 30.3 Å². The van der Waals surface area contributed by atoms with E-state index < -0.39 is 0 Å². The Balaban J connectivity index is 1.59. The molecule has 0 spiro atoms. The normalized spacial score (nSPS) is 11.1. The molecule has 1 heterocycles. The molecule has 0 aliphatic rings. The van der Waals surface area contributed by atoms with E-state index in [-0.39, 0.29) is 17.9 Å². The molecule has 3 aromatic rings. The summed E-state index contributed by atoms with van der Waals surface area (Å²) in [6.45, 7) is 7.95. The van der Waals surface area contributed by atoms with Crippen molar-refractivity contribution in [1.82, 2.24) is 19.8 Å². The summed E-state index contributed by atoms with van der Waals surface area (Å²) in [7, 11) is 0. The number of amides is 1. The first kappa shape index (κ1) is 20.7. The van der Waals surface area contributed by atoms with Crippen LogP contribution < -0.4 is 10.9 Å². The van der Waals surface area contributed by atoms with E-state index in [4.69, 9.17) is 0 Å². The average molecular weight is 393 g/mol. The summed E-state index contributed by atoms with van der Waals surface area (Å²) in [5.74, 6) is -0.0808. The highest BCUT2D eigenvalue weighted by atomic mass is 16.1. The fourth-order valence-electron chi connectivity index (χ4n) is 3.34. The fraction of sp³-hybridized carbons (Fsp3) is 0.348. The molecule has 1 amide bonds. The summed E-state index contributed by atoms with van der Waals surface area (Å²) >= 11 is 0. The molecule has 0 unspecified atom stereocenters. The lowest BCUT2D eigenvalue weighted by Gasteiger charge is -2.20. The van der Waals surface area contributed by atoms with Crippen LogP contribution in [0.1, 0.15) is 31.4 Å². The lowest BCUT2D eigenvalue weighted by atomic mass is 10.1. The van der Waals surface area contributed by atoms with Crippen molar-refractivity contribution < 1.29 is 4.79 Å². The van der Waals surface area contributed by atoms with Gasteiger partial charge in [0.25, 0.3) is 5.56 Å². The smallest absolute Gasteiger partial charge is 0.261 e. The number of aromatic nitrogens is 2. The molecular formula is C23H28N4O2. The molecule has 1 aromatic heterocycles. The Morgan fingerprint density at radius 1 is 1.03 bits per heavy atom. The number of nitrogens with zero attached hydrogens (tertiary/aromatic N) is 3. The van der Waals surface area contributed by atoms with Crippen LogP contribution >= 0.6 is 0 Å². The molecule has 0 saturated heterocycles. The molecule has 6 nitrogen and oxygen atoms in total. The van der Waals surface area contributed by atoms with Crippen LogP contribution in [0.25, 0.3) is 10.9 Å². The summed E-state index contributed by atoms with van der Waals surface area (Å²) in [4.78, 5) is 31.5. The van der Waals surface area contributed by atoms with Crippen molar-refractivity contribution in [3.63, 3.8) is 0 Å². The highest BCUT2D eigenvalue weighted by Crippen LogP contribution is 2.12. The standard InChI is InChI=1S/C23H28N4O2/c1-3-26(4-2)16-19-10-6-5-9-18(19)15-24-22(28)13-14-27-17-25-21-12-8-7-11-20(21)23(27)29/h5-12,17H,3-4,13-16H2,1-2H3,(H,24,28). The Morgan fingerprint density at radius 3 is 2.48 bits per heavy atom. The van der Waals surface area contributed by atoms with Gasteiger partial charge in [-0.2, -0.15) is 0 Å². The van der Waals surface area contributed by atoms with Gasteiger partial charge >= 0.3 is 0 Å². The van der Waals surface area contributed by atoms with E-state index >= 15 is 0 Å². The number of hydrogen-bond donors (Lipinski definition) is 1. The van der Waals surface area contributed by atoms with E-state index in [9.17, 15) is 9.59 Å². The van der Waals surface area contributed by atoms with Crippen molar-refractivity contribution in [2.24, 2.45) is 0 Å². The molecule has 0 radical (unpaired) electrons. The zero-order chi connectivity index (χ0) is 20.6. The Hall–Kier alpha value is -2.99. The molecular weight excluding hydrogens is 364 g/mol. The predicted octanol–water partition coefficient (Wildman–Crippen LogP) is 2.94. The zero-order valence-corrected chi connectivity index (χ0v) is 17.1. The molecule has 152 valence electrons. The third-order valence-corrected chi connectivity index (χ3v) is 5.19. The highest BCUT2D eigenvalue weighted by molar-refractivity contribution is 5.77. The maximum absolute atomic E-state index is 12.5. The summed E-state index contributed by atoms with van der Waals surface area (Å²) in [5, 5.41) is 3.55. The molecule has 6 heteroatoms. The molecule has 0 atom stereocenters. The van der Waals surface area contributed by atoms with Gasteiger partial charge in [-0.1, -0.05) is 50.2 Å². The molecule has 0 fully saturated rings. The van der Waals surface area contributed by atoms with Gasteiger partial charge in [-0.25, -0.2) is 4.98 Å². The molecule has 29 heavy (non-hydrogen) atoms. The summed E-state index contributed by atoms with van der Waals surface area (Å²) < 4.78 is 1.50. The third-order valence-electron chi connectivity index (χ3n) is 5.19. The van der Waals surface area contributed by atoms with Crippen molar-refractivity contribution in [3.05, 3.63) is 76.3 Å². The minimum absolute atomic E-state index is 0.0808. The van der Waals surface area contributed by atoms with Gasteiger partial charge in [0.1, 0.15) is 0 Å². The quantitative estimate of drug-likeness (QED) is 0.608. The lowest BCUT2D eigenvalue weighted by Crippen LogP contribution is -2.28. The van der Waals surface area contributed by atoms with Crippen molar-refractivity contribution >= 4 is 16.8 Å². The molecule has 2 aromatic carbocycles. The first-order valence-electron chi connectivity index (χ1n) is 10.1. The van der Waals surface area contributed by atoms with Crippen LogP contribution in [0.2, 0.25) is 0 Å². The summed E-state index contributed by atoms with van der Waals surface area (Å²) in [5.41, 5.74) is 2.90. The van der Waals surface area contributed by atoms with Crippen LogP contribution in [0.4, 0.5) is 0 Å². The van der Waals surface area contributed by atoms with Crippen molar-refractivity contribution in [3.8, 4) is 0 Å². The first-order chi connectivity index (χ1) is 14.1. The van der Waals surface area contributed by atoms with Crippen LogP contribution in [-0.2, 0) is 24.4 Å². The van der Waals surface area contributed by atoms with Gasteiger partial charge in [0.2, 0.25) is 5.91 Å². The number of nitrogens with one attached hydrogen (secondary N) is 1. The molecule has 0 saturated carbocycles.